The van der Waals surface area contributed by atoms with E-state index in [0.29, 0.717) is 24.6 Å². The first-order valence-electron chi connectivity index (χ1n) is 14.7. The van der Waals surface area contributed by atoms with Crippen LogP contribution in [0.2, 0.25) is 0 Å². The fraction of sp³-hybridized carbons (Fsp3) is 0.545. The van der Waals surface area contributed by atoms with Crippen LogP contribution in [0, 0.1) is 0 Å². The Morgan fingerprint density at radius 2 is 1.73 bits per heavy atom. The highest BCUT2D eigenvalue weighted by Gasteiger charge is 2.31. The van der Waals surface area contributed by atoms with Gasteiger partial charge in [0.05, 0.1) is 17.9 Å². The number of hydrogen-bond acceptors (Lipinski definition) is 5. The van der Waals surface area contributed by atoms with Crippen molar-refractivity contribution in [3.8, 4) is 0 Å². The summed E-state index contributed by atoms with van der Waals surface area (Å²) >= 11 is 0. The number of allylic oxidation sites excluding steroid dienone is 1. The van der Waals surface area contributed by atoms with Crippen LogP contribution in [-0.2, 0) is 4.74 Å². The zero-order chi connectivity index (χ0) is 28.9. The summed E-state index contributed by atoms with van der Waals surface area (Å²) in [5.41, 5.74) is 3.45. The highest BCUT2D eigenvalue weighted by atomic mass is 16.6. The molecule has 0 radical (unpaired) electrons. The fourth-order valence-corrected chi connectivity index (χ4v) is 5.54. The summed E-state index contributed by atoms with van der Waals surface area (Å²) in [6.07, 6.45) is 10.8. The van der Waals surface area contributed by atoms with Crippen molar-refractivity contribution in [2.45, 2.75) is 90.7 Å². The van der Waals surface area contributed by atoms with E-state index in [4.69, 9.17) is 9.72 Å². The molecule has 7 nitrogen and oxygen atoms in total. The minimum Gasteiger partial charge on any atom is -0.444 e. The molecule has 0 spiro atoms. The number of amides is 2. The number of ether oxygens (including phenoxy) is 1. The molecule has 0 bridgehead atoms. The lowest BCUT2D eigenvalue weighted by molar-refractivity contribution is 0.0237. The minimum absolute atomic E-state index is 0.0255. The van der Waals surface area contributed by atoms with Crippen LogP contribution < -0.4 is 9.80 Å². The average Bonchev–Trinajstić information content (AvgIpc) is 3.43. The van der Waals surface area contributed by atoms with Gasteiger partial charge in [0.2, 0.25) is 0 Å². The second-order valence-corrected chi connectivity index (χ2v) is 12.5. The summed E-state index contributed by atoms with van der Waals surface area (Å²) in [7, 11) is 1.80. The summed E-state index contributed by atoms with van der Waals surface area (Å²) in [5.74, 6) is 1.43. The maximum atomic E-state index is 13.7. The molecule has 1 saturated carbocycles. The first-order chi connectivity index (χ1) is 19.0. The maximum Gasteiger partial charge on any atom is 0.410 e. The second kappa shape index (κ2) is 12.9. The van der Waals surface area contributed by atoms with Crippen LogP contribution in [0.15, 0.2) is 54.2 Å². The number of aromatic nitrogens is 1. The van der Waals surface area contributed by atoms with Gasteiger partial charge in [-0.1, -0.05) is 43.0 Å². The molecular weight excluding hydrogens is 500 g/mol. The van der Waals surface area contributed by atoms with Crippen molar-refractivity contribution < 1.29 is 14.3 Å². The molecule has 4 rings (SSSR count). The summed E-state index contributed by atoms with van der Waals surface area (Å²) in [6.45, 7) is 11.7. The molecule has 7 heteroatoms. The number of benzene rings is 1. The molecule has 2 heterocycles. The Morgan fingerprint density at radius 1 is 1.02 bits per heavy atom. The van der Waals surface area contributed by atoms with Gasteiger partial charge in [0.1, 0.15) is 11.4 Å². The molecule has 1 unspecified atom stereocenters. The zero-order valence-corrected chi connectivity index (χ0v) is 25.2. The highest BCUT2D eigenvalue weighted by Crippen LogP contribution is 2.33. The Kier molecular flexibility index (Phi) is 9.54. The van der Waals surface area contributed by atoms with E-state index in [1.165, 1.54) is 37.7 Å². The van der Waals surface area contributed by atoms with Gasteiger partial charge in [-0.3, -0.25) is 4.79 Å². The molecular formula is C33H46N4O3. The zero-order valence-electron chi connectivity index (χ0n) is 25.2. The standard InChI is InChI=1S/C33H46N4O3/c1-24(2)18-21-37(31(38)27-14-12-26(13-15-27)25-10-8-7-9-11-25)28-16-17-30(34-22-28)36-20-19-29(23-36)35(6)32(39)40-33(3,4)5/h12-18,22,25,29H,7-11,19-21,23H2,1-6H3. The Labute approximate surface area is 240 Å². The van der Waals surface area contributed by atoms with Gasteiger partial charge in [-0.05, 0) is 89.6 Å². The average molecular weight is 547 g/mol. The molecule has 0 N–H and O–H groups in total. The molecule has 2 fully saturated rings. The van der Waals surface area contributed by atoms with Gasteiger partial charge in [0, 0.05) is 32.2 Å². The van der Waals surface area contributed by atoms with E-state index in [1.807, 2.05) is 58.9 Å². The van der Waals surface area contributed by atoms with Crippen LogP contribution in [0.1, 0.15) is 95.0 Å². The van der Waals surface area contributed by atoms with Crippen LogP contribution in [0.3, 0.4) is 0 Å². The molecule has 1 aromatic carbocycles. The normalized spacial score (nSPS) is 17.9. The quantitative estimate of drug-likeness (QED) is 0.344. The van der Waals surface area contributed by atoms with E-state index in [1.54, 1.807) is 23.0 Å². The number of anilines is 2. The molecule has 1 aliphatic carbocycles. The summed E-state index contributed by atoms with van der Waals surface area (Å²) in [6, 6.07) is 12.2. The van der Waals surface area contributed by atoms with Crippen molar-refractivity contribution in [1.29, 1.82) is 0 Å². The molecule has 40 heavy (non-hydrogen) atoms. The number of pyridine rings is 1. The third-order valence-electron chi connectivity index (χ3n) is 7.92. The fourth-order valence-electron chi connectivity index (χ4n) is 5.54. The van der Waals surface area contributed by atoms with Crippen molar-refractivity contribution in [2.24, 2.45) is 0 Å². The van der Waals surface area contributed by atoms with Crippen molar-refractivity contribution >= 4 is 23.5 Å². The van der Waals surface area contributed by atoms with E-state index in [9.17, 15) is 9.59 Å². The van der Waals surface area contributed by atoms with Crippen LogP contribution in [-0.4, -0.2) is 60.2 Å². The second-order valence-electron chi connectivity index (χ2n) is 12.5. The van der Waals surface area contributed by atoms with E-state index < -0.39 is 5.60 Å². The molecule has 2 aromatic rings. The molecule has 1 atom stereocenters. The van der Waals surface area contributed by atoms with E-state index in [2.05, 4.69) is 23.1 Å². The van der Waals surface area contributed by atoms with Crippen LogP contribution in [0.4, 0.5) is 16.3 Å². The van der Waals surface area contributed by atoms with E-state index in [0.717, 1.165) is 30.0 Å². The lowest BCUT2D eigenvalue weighted by Crippen LogP contribution is -2.42. The molecule has 1 aromatic heterocycles. The molecule has 1 saturated heterocycles. The van der Waals surface area contributed by atoms with Gasteiger partial charge >= 0.3 is 6.09 Å². The number of rotatable bonds is 7. The monoisotopic (exact) mass is 546 g/mol. The molecule has 2 aliphatic rings. The maximum absolute atomic E-state index is 13.7. The number of likely N-dealkylation sites (N-methyl/N-ethyl adjacent to an activating group) is 1. The van der Waals surface area contributed by atoms with Gasteiger partial charge in [-0.15, -0.1) is 0 Å². The predicted octanol–water partition coefficient (Wildman–Crippen LogP) is 7.19. The number of carbonyl (C=O) groups is 2. The first kappa shape index (κ1) is 29.6. The van der Waals surface area contributed by atoms with Crippen LogP contribution in [0.5, 0.6) is 0 Å². The number of carbonyl (C=O) groups excluding carboxylic acids is 2. The number of nitrogens with zero attached hydrogens (tertiary/aromatic N) is 4. The smallest absolute Gasteiger partial charge is 0.410 e. The van der Waals surface area contributed by atoms with Gasteiger partial charge in [-0.25, -0.2) is 9.78 Å². The molecule has 216 valence electrons. The van der Waals surface area contributed by atoms with Crippen LogP contribution >= 0.6 is 0 Å². The minimum atomic E-state index is -0.521. The van der Waals surface area contributed by atoms with Crippen molar-refractivity contribution in [3.63, 3.8) is 0 Å². The largest absolute Gasteiger partial charge is 0.444 e. The Bertz CT molecular complexity index is 1170. The topological polar surface area (TPSA) is 66.0 Å². The predicted molar refractivity (Wildman–Crippen MR) is 162 cm³/mol. The summed E-state index contributed by atoms with van der Waals surface area (Å²) in [4.78, 5) is 36.6. The van der Waals surface area contributed by atoms with Crippen molar-refractivity contribution in [2.75, 3.05) is 36.5 Å². The van der Waals surface area contributed by atoms with Gasteiger partial charge in [0.15, 0.2) is 0 Å². The Hall–Kier alpha value is -3.35. The van der Waals surface area contributed by atoms with Gasteiger partial charge < -0.3 is 19.4 Å². The highest BCUT2D eigenvalue weighted by molar-refractivity contribution is 6.06. The lowest BCUT2D eigenvalue weighted by Gasteiger charge is -2.28. The SMILES string of the molecule is CC(C)=CCN(C(=O)c1ccc(C2CCCCC2)cc1)c1ccc(N2CCC(N(C)C(=O)OC(C)(C)C)C2)nc1. The molecule has 2 amide bonds. The third-order valence-corrected chi connectivity index (χ3v) is 7.92. The Morgan fingerprint density at radius 3 is 2.33 bits per heavy atom. The van der Waals surface area contributed by atoms with E-state index >= 15 is 0 Å². The third kappa shape index (κ3) is 7.64. The van der Waals surface area contributed by atoms with E-state index in [-0.39, 0.29) is 18.0 Å². The first-order valence-corrected chi connectivity index (χ1v) is 14.7. The lowest BCUT2D eigenvalue weighted by atomic mass is 9.84. The summed E-state index contributed by atoms with van der Waals surface area (Å²) < 4.78 is 5.54. The van der Waals surface area contributed by atoms with Crippen molar-refractivity contribution in [1.82, 2.24) is 9.88 Å². The summed E-state index contributed by atoms with van der Waals surface area (Å²) in [5, 5.41) is 0. The van der Waals surface area contributed by atoms with Crippen molar-refractivity contribution in [3.05, 3.63) is 65.4 Å². The van der Waals surface area contributed by atoms with Gasteiger partial charge in [-0.2, -0.15) is 0 Å². The van der Waals surface area contributed by atoms with Gasteiger partial charge in [0.25, 0.3) is 5.91 Å². The Balaban J connectivity index is 1.45. The van der Waals surface area contributed by atoms with Crippen LogP contribution in [0.25, 0.3) is 0 Å². The molecule has 1 aliphatic heterocycles. The number of hydrogen-bond donors (Lipinski definition) is 0.